The zero-order valence-electron chi connectivity index (χ0n) is 25.7. The third kappa shape index (κ3) is 9.31. The maximum absolute atomic E-state index is 13.3. The monoisotopic (exact) mass is 652 g/mol. The van der Waals surface area contributed by atoms with Gasteiger partial charge in [0.1, 0.15) is 29.1 Å². The van der Waals surface area contributed by atoms with Crippen molar-refractivity contribution in [2.24, 2.45) is 0 Å². The number of carbonyl (C=O) groups excluding carboxylic acids is 1. The van der Waals surface area contributed by atoms with E-state index in [0.717, 1.165) is 52.9 Å². The predicted octanol–water partition coefficient (Wildman–Crippen LogP) is 4.73. The van der Waals surface area contributed by atoms with Crippen LogP contribution in [-0.4, -0.2) is 87.3 Å². The van der Waals surface area contributed by atoms with Crippen LogP contribution in [0.1, 0.15) is 17.2 Å². The molecule has 13 heteroatoms. The highest BCUT2D eigenvalue weighted by molar-refractivity contribution is 8.00. The van der Waals surface area contributed by atoms with Crippen molar-refractivity contribution in [2.45, 2.75) is 16.6 Å². The van der Waals surface area contributed by atoms with E-state index in [1.54, 1.807) is 23.8 Å². The van der Waals surface area contributed by atoms with E-state index in [0.29, 0.717) is 36.9 Å². The number of hydrogen-bond donors (Lipinski definition) is 2. The Hall–Kier alpha value is -4.88. The molecule has 2 aliphatic heterocycles. The zero-order chi connectivity index (χ0) is 33.1. The van der Waals surface area contributed by atoms with Gasteiger partial charge in [-0.3, -0.25) is 4.79 Å². The average molecular weight is 653 g/mol. The van der Waals surface area contributed by atoms with Crippen LogP contribution in [0, 0.1) is 0 Å². The van der Waals surface area contributed by atoms with Crippen molar-refractivity contribution in [3.8, 4) is 28.7 Å². The largest absolute Gasteiger partial charge is 0.497 e. The summed E-state index contributed by atoms with van der Waals surface area (Å²) in [5, 5.41) is 15.2. The first-order chi connectivity index (χ1) is 22.2. The van der Waals surface area contributed by atoms with Crippen LogP contribution in [-0.2, 0) is 14.4 Å². The molecule has 3 aromatic carbocycles. The van der Waals surface area contributed by atoms with Gasteiger partial charge in [0, 0.05) is 48.8 Å². The molecule has 0 saturated heterocycles. The SMILES string of the molecule is COc1ccc(OCCCN(C)CCOc2ccc3c(c2)OCO3)c(C2Sc3ccccc3N(C)C2=O)c1.O=C(O)C=CC(=O)O. The standard InChI is InChI=1S/C29H32N2O6S.C4H4O4/c1-30(14-16-34-21-10-12-25-26(18-21)37-19-36-25)13-6-15-35-24-11-9-20(33-3)17-22(24)28-29(32)31(2)23-7-4-5-8-27(23)38-28;5-3(6)1-2-4(7)8/h4-5,7-12,17-18,28H,6,13-16,19H2,1-3H3;1-2H,(H,5,6)(H,7,8). The van der Waals surface area contributed by atoms with Crippen molar-refractivity contribution in [3.63, 3.8) is 0 Å². The molecule has 0 aliphatic carbocycles. The summed E-state index contributed by atoms with van der Waals surface area (Å²) in [4.78, 5) is 37.4. The van der Waals surface area contributed by atoms with E-state index in [-0.39, 0.29) is 12.7 Å². The Kier molecular flexibility index (Phi) is 12.1. The lowest BCUT2D eigenvalue weighted by Crippen LogP contribution is -2.33. The summed E-state index contributed by atoms with van der Waals surface area (Å²) in [6.07, 6.45) is 1.95. The molecule has 0 fully saturated rings. The highest BCUT2D eigenvalue weighted by atomic mass is 32.2. The van der Waals surface area contributed by atoms with Gasteiger partial charge in [0.05, 0.1) is 19.4 Å². The number of anilines is 1. The number of carboxylic acid groups (broad SMARTS) is 2. The molecule has 0 aromatic heterocycles. The Morgan fingerprint density at radius 2 is 1.67 bits per heavy atom. The minimum atomic E-state index is -1.26. The maximum Gasteiger partial charge on any atom is 0.328 e. The Morgan fingerprint density at radius 1 is 0.957 bits per heavy atom. The number of benzene rings is 3. The van der Waals surface area contributed by atoms with Crippen molar-refractivity contribution in [1.82, 2.24) is 4.90 Å². The summed E-state index contributed by atoms with van der Waals surface area (Å²) in [6, 6.07) is 19.2. The Labute approximate surface area is 271 Å². The van der Waals surface area contributed by atoms with Gasteiger partial charge in [-0.15, -0.1) is 11.8 Å². The fraction of sp³-hybridized carbons (Fsp3) is 0.303. The van der Waals surface area contributed by atoms with Gasteiger partial charge in [0.15, 0.2) is 11.5 Å². The van der Waals surface area contributed by atoms with Crippen LogP contribution in [0.25, 0.3) is 0 Å². The van der Waals surface area contributed by atoms with E-state index in [9.17, 15) is 14.4 Å². The van der Waals surface area contributed by atoms with Gasteiger partial charge >= 0.3 is 11.9 Å². The van der Waals surface area contributed by atoms with Gasteiger partial charge in [-0.2, -0.15) is 0 Å². The number of rotatable bonds is 13. The van der Waals surface area contributed by atoms with Crippen LogP contribution < -0.4 is 28.6 Å². The molecule has 1 amide bonds. The molecule has 46 heavy (non-hydrogen) atoms. The highest BCUT2D eigenvalue weighted by Gasteiger charge is 2.34. The molecule has 12 nitrogen and oxygen atoms in total. The Morgan fingerprint density at radius 3 is 2.41 bits per heavy atom. The number of amides is 1. The molecule has 0 bridgehead atoms. The molecule has 0 radical (unpaired) electrons. The van der Waals surface area contributed by atoms with Crippen LogP contribution in [0.5, 0.6) is 28.7 Å². The third-order valence-electron chi connectivity index (χ3n) is 6.92. The Balaban J connectivity index is 0.000000533. The summed E-state index contributed by atoms with van der Waals surface area (Å²) < 4.78 is 28.3. The minimum absolute atomic E-state index is 0.0222. The second-order valence-corrected chi connectivity index (χ2v) is 11.3. The van der Waals surface area contributed by atoms with E-state index in [1.165, 1.54) is 0 Å². The number of ether oxygens (including phenoxy) is 5. The molecule has 0 spiro atoms. The molecule has 1 atom stereocenters. The number of aliphatic carboxylic acids is 2. The number of para-hydroxylation sites is 1. The van der Waals surface area contributed by atoms with E-state index in [1.807, 2.05) is 67.7 Å². The summed E-state index contributed by atoms with van der Waals surface area (Å²) in [6.45, 7) is 2.98. The summed E-state index contributed by atoms with van der Waals surface area (Å²) in [5.74, 6) is 1.14. The van der Waals surface area contributed by atoms with E-state index in [2.05, 4.69) is 11.9 Å². The number of carbonyl (C=O) groups is 3. The molecule has 2 aliphatic rings. The van der Waals surface area contributed by atoms with Crippen molar-refractivity contribution in [2.75, 3.05) is 59.2 Å². The number of carboxylic acids is 2. The average Bonchev–Trinajstić information content (AvgIpc) is 3.52. The van der Waals surface area contributed by atoms with Gasteiger partial charge < -0.3 is 43.7 Å². The van der Waals surface area contributed by atoms with E-state index < -0.39 is 17.2 Å². The lowest BCUT2D eigenvalue weighted by molar-refractivity contribution is -0.134. The molecule has 2 N–H and O–H groups in total. The molecular weight excluding hydrogens is 616 g/mol. The molecule has 244 valence electrons. The fourth-order valence-corrected chi connectivity index (χ4v) is 5.86. The van der Waals surface area contributed by atoms with Crippen molar-refractivity contribution >= 4 is 35.3 Å². The molecule has 5 rings (SSSR count). The minimum Gasteiger partial charge on any atom is -0.497 e. The van der Waals surface area contributed by atoms with E-state index >= 15 is 0 Å². The number of likely N-dealkylation sites (N-methyl/N-ethyl adjacent to an activating group) is 2. The second-order valence-electron chi connectivity index (χ2n) is 10.1. The van der Waals surface area contributed by atoms with Gasteiger partial charge in [-0.1, -0.05) is 12.1 Å². The number of nitrogens with zero attached hydrogens (tertiary/aromatic N) is 2. The normalized spacial score (nSPS) is 14.8. The first kappa shape index (κ1) is 34.0. The second kappa shape index (κ2) is 16.4. The number of thioether (sulfide) groups is 1. The maximum atomic E-state index is 13.3. The van der Waals surface area contributed by atoms with Gasteiger partial charge in [-0.05, 0) is 55.9 Å². The van der Waals surface area contributed by atoms with Crippen molar-refractivity contribution in [3.05, 3.63) is 78.4 Å². The number of methoxy groups -OCH3 is 1. The lowest BCUT2D eigenvalue weighted by Gasteiger charge is -2.32. The summed E-state index contributed by atoms with van der Waals surface area (Å²) in [7, 11) is 5.51. The lowest BCUT2D eigenvalue weighted by atomic mass is 10.1. The molecule has 3 aromatic rings. The van der Waals surface area contributed by atoms with Crippen LogP contribution in [0.4, 0.5) is 5.69 Å². The number of hydrogen-bond acceptors (Lipinski definition) is 10. The topological polar surface area (TPSA) is 144 Å². The van der Waals surface area contributed by atoms with Gasteiger partial charge in [-0.25, -0.2) is 9.59 Å². The smallest absolute Gasteiger partial charge is 0.328 e. The first-order valence-corrected chi connectivity index (χ1v) is 15.2. The van der Waals surface area contributed by atoms with Crippen molar-refractivity contribution < 1.29 is 48.3 Å². The van der Waals surface area contributed by atoms with Crippen LogP contribution in [0.2, 0.25) is 0 Å². The van der Waals surface area contributed by atoms with Gasteiger partial charge in [0.2, 0.25) is 12.7 Å². The van der Waals surface area contributed by atoms with E-state index in [4.69, 9.17) is 33.9 Å². The van der Waals surface area contributed by atoms with Crippen LogP contribution in [0.3, 0.4) is 0 Å². The highest BCUT2D eigenvalue weighted by Crippen LogP contribution is 2.48. The third-order valence-corrected chi connectivity index (χ3v) is 8.21. The molecule has 1 unspecified atom stereocenters. The predicted molar refractivity (Wildman–Crippen MR) is 172 cm³/mol. The number of fused-ring (bicyclic) bond motifs is 2. The summed E-state index contributed by atoms with van der Waals surface area (Å²) in [5.41, 5.74) is 1.75. The quantitative estimate of drug-likeness (QED) is 0.195. The van der Waals surface area contributed by atoms with Crippen LogP contribution >= 0.6 is 11.8 Å². The summed E-state index contributed by atoms with van der Waals surface area (Å²) >= 11 is 1.55. The van der Waals surface area contributed by atoms with Crippen molar-refractivity contribution in [1.29, 1.82) is 0 Å². The zero-order valence-corrected chi connectivity index (χ0v) is 26.5. The first-order valence-electron chi connectivity index (χ1n) is 14.3. The Bertz CT molecular complexity index is 1550. The molecule has 0 saturated carbocycles. The fourth-order valence-electron chi connectivity index (χ4n) is 4.55. The van der Waals surface area contributed by atoms with Gasteiger partial charge in [0.25, 0.3) is 0 Å². The molecule has 2 heterocycles. The molecular formula is C33H36N2O10S. The van der Waals surface area contributed by atoms with Crippen LogP contribution in [0.15, 0.2) is 77.7 Å².